The lowest BCUT2D eigenvalue weighted by molar-refractivity contribution is 0.0532. The van der Waals surface area contributed by atoms with Crippen LogP contribution in [0.2, 0.25) is 0 Å². The van der Waals surface area contributed by atoms with E-state index in [9.17, 15) is 4.79 Å². The number of esters is 1. The smallest absolute Gasteiger partial charge is 0.340 e. The molecule has 3 heteroatoms. The van der Waals surface area contributed by atoms with Gasteiger partial charge >= 0.3 is 5.97 Å². The second-order valence-corrected chi connectivity index (χ2v) is 4.51. The van der Waals surface area contributed by atoms with E-state index in [1.54, 1.807) is 0 Å². The zero-order valence-electron chi connectivity index (χ0n) is 8.74. The quantitative estimate of drug-likeness (QED) is 0.660. The second kappa shape index (κ2) is 3.40. The van der Waals surface area contributed by atoms with Crippen molar-refractivity contribution in [3.8, 4) is 0 Å². The molecule has 2 aliphatic rings. The molecule has 0 spiro atoms. The van der Waals surface area contributed by atoms with Crippen LogP contribution in [0.3, 0.4) is 0 Å². The Labute approximate surface area is 89.0 Å². The van der Waals surface area contributed by atoms with Gasteiger partial charge in [0.25, 0.3) is 0 Å². The minimum Gasteiger partial charge on any atom is -0.457 e. The van der Waals surface area contributed by atoms with Gasteiger partial charge in [-0.05, 0) is 12.8 Å². The van der Waals surface area contributed by atoms with Crippen LogP contribution in [0.15, 0.2) is 12.4 Å². The summed E-state index contributed by atoms with van der Waals surface area (Å²) in [6.45, 7) is 0.466. The molecule has 0 bridgehead atoms. The number of hydrogen-bond donors (Lipinski definition) is 0. The van der Waals surface area contributed by atoms with Crippen molar-refractivity contribution in [2.24, 2.45) is 0 Å². The molecule has 3 rings (SSSR count). The molecule has 0 radical (unpaired) electrons. The van der Waals surface area contributed by atoms with Gasteiger partial charge in [-0.25, -0.2) is 4.79 Å². The van der Waals surface area contributed by atoms with Gasteiger partial charge in [-0.1, -0.05) is 19.3 Å². The fraction of sp³-hybridized carbons (Fsp3) is 0.583. The molecule has 15 heavy (non-hydrogen) atoms. The Morgan fingerprint density at radius 3 is 2.73 bits per heavy atom. The van der Waals surface area contributed by atoms with E-state index in [0.29, 0.717) is 12.6 Å². The first-order chi connectivity index (χ1) is 7.34. The molecule has 1 aliphatic heterocycles. The van der Waals surface area contributed by atoms with Crippen LogP contribution in [0.1, 0.15) is 54.1 Å². The molecular formula is C12H15NO2. The van der Waals surface area contributed by atoms with E-state index in [-0.39, 0.29) is 5.97 Å². The van der Waals surface area contributed by atoms with Gasteiger partial charge in [0.05, 0.1) is 5.56 Å². The summed E-state index contributed by atoms with van der Waals surface area (Å²) >= 11 is 0. The topological polar surface area (TPSA) is 31.2 Å². The number of carbonyl (C=O) groups is 1. The minimum absolute atomic E-state index is 0.153. The van der Waals surface area contributed by atoms with Gasteiger partial charge in [0, 0.05) is 24.0 Å². The Hall–Kier alpha value is -1.25. The van der Waals surface area contributed by atoms with Crippen molar-refractivity contribution in [3.63, 3.8) is 0 Å². The Kier molecular flexibility index (Phi) is 2.04. The molecule has 0 aromatic carbocycles. The molecule has 3 nitrogen and oxygen atoms in total. The predicted molar refractivity (Wildman–Crippen MR) is 55.7 cm³/mol. The predicted octanol–water partition coefficient (Wildman–Crippen LogP) is 2.66. The molecule has 1 saturated carbocycles. The van der Waals surface area contributed by atoms with Crippen molar-refractivity contribution in [2.75, 3.05) is 0 Å². The number of nitrogens with zero attached hydrogens (tertiary/aromatic N) is 1. The molecule has 2 heterocycles. The van der Waals surface area contributed by atoms with Crippen LogP contribution >= 0.6 is 0 Å². The number of rotatable bonds is 1. The summed E-state index contributed by atoms with van der Waals surface area (Å²) in [4.78, 5) is 11.3. The van der Waals surface area contributed by atoms with E-state index in [0.717, 1.165) is 11.1 Å². The maximum Gasteiger partial charge on any atom is 0.340 e. The minimum atomic E-state index is -0.153. The molecule has 0 amide bonds. The summed E-state index contributed by atoms with van der Waals surface area (Å²) in [6, 6.07) is 0.608. The van der Waals surface area contributed by atoms with E-state index in [4.69, 9.17) is 4.74 Å². The summed E-state index contributed by atoms with van der Waals surface area (Å²) in [5, 5.41) is 0. The van der Waals surface area contributed by atoms with Crippen molar-refractivity contribution in [1.82, 2.24) is 4.57 Å². The highest BCUT2D eigenvalue weighted by Crippen LogP contribution is 2.31. The third kappa shape index (κ3) is 1.46. The summed E-state index contributed by atoms with van der Waals surface area (Å²) < 4.78 is 7.18. The third-order valence-corrected chi connectivity index (χ3v) is 3.50. The number of cyclic esters (lactones) is 1. The van der Waals surface area contributed by atoms with Gasteiger partial charge in [-0.15, -0.1) is 0 Å². The van der Waals surface area contributed by atoms with Gasteiger partial charge in [0.15, 0.2) is 0 Å². The van der Waals surface area contributed by atoms with E-state index >= 15 is 0 Å². The van der Waals surface area contributed by atoms with Crippen LogP contribution in [0.4, 0.5) is 0 Å². The van der Waals surface area contributed by atoms with Gasteiger partial charge in [0.2, 0.25) is 0 Å². The number of hydrogen-bond acceptors (Lipinski definition) is 2. The van der Waals surface area contributed by atoms with E-state index in [1.165, 1.54) is 32.1 Å². The molecule has 0 unspecified atom stereocenters. The highest BCUT2D eigenvalue weighted by atomic mass is 16.5. The van der Waals surface area contributed by atoms with E-state index in [2.05, 4.69) is 10.8 Å². The highest BCUT2D eigenvalue weighted by Gasteiger charge is 2.25. The molecule has 1 aliphatic carbocycles. The molecule has 80 valence electrons. The van der Waals surface area contributed by atoms with Crippen LogP contribution in [0, 0.1) is 0 Å². The molecule has 1 aromatic heterocycles. The van der Waals surface area contributed by atoms with Crippen molar-refractivity contribution in [1.29, 1.82) is 0 Å². The average molecular weight is 205 g/mol. The number of fused-ring (bicyclic) bond motifs is 1. The van der Waals surface area contributed by atoms with E-state index < -0.39 is 0 Å². The van der Waals surface area contributed by atoms with Gasteiger partial charge in [-0.2, -0.15) is 0 Å². The second-order valence-electron chi connectivity index (χ2n) is 4.51. The number of ether oxygens (including phenoxy) is 1. The maximum absolute atomic E-state index is 11.3. The van der Waals surface area contributed by atoms with Gasteiger partial charge in [0.1, 0.15) is 6.61 Å². The zero-order chi connectivity index (χ0) is 10.3. The molecule has 0 saturated heterocycles. The Balaban J connectivity index is 1.87. The normalized spacial score (nSPS) is 21.5. The van der Waals surface area contributed by atoms with Crippen LogP contribution in [0.25, 0.3) is 0 Å². The molecule has 1 aromatic rings. The van der Waals surface area contributed by atoms with Crippen molar-refractivity contribution >= 4 is 5.97 Å². The lowest BCUT2D eigenvalue weighted by Gasteiger charge is -2.23. The van der Waals surface area contributed by atoms with Gasteiger partial charge < -0.3 is 9.30 Å². The first-order valence-corrected chi connectivity index (χ1v) is 5.72. The van der Waals surface area contributed by atoms with E-state index in [1.807, 2.05) is 6.20 Å². The SMILES string of the molecule is O=C1OCc2cn(C3CCCCC3)cc21. The summed E-state index contributed by atoms with van der Waals surface area (Å²) in [6.07, 6.45) is 10.6. The van der Waals surface area contributed by atoms with Crippen LogP contribution in [-0.2, 0) is 11.3 Å². The fourth-order valence-corrected chi connectivity index (χ4v) is 2.63. The van der Waals surface area contributed by atoms with Gasteiger partial charge in [-0.3, -0.25) is 0 Å². The van der Waals surface area contributed by atoms with Crippen LogP contribution in [-0.4, -0.2) is 10.5 Å². The molecular weight excluding hydrogens is 190 g/mol. The molecule has 0 atom stereocenters. The lowest BCUT2D eigenvalue weighted by Crippen LogP contribution is -2.11. The summed E-state index contributed by atoms with van der Waals surface area (Å²) in [5.41, 5.74) is 1.84. The summed E-state index contributed by atoms with van der Waals surface area (Å²) in [7, 11) is 0. The zero-order valence-corrected chi connectivity index (χ0v) is 8.74. The number of carbonyl (C=O) groups excluding carboxylic acids is 1. The summed E-state index contributed by atoms with van der Waals surface area (Å²) in [5.74, 6) is -0.153. The maximum atomic E-state index is 11.3. The van der Waals surface area contributed by atoms with Crippen molar-refractivity contribution in [2.45, 2.75) is 44.8 Å². The molecule has 0 N–H and O–H groups in total. The Bertz CT molecular complexity index is 388. The first kappa shape index (κ1) is 9.01. The van der Waals surface area contributed by atoms with Crippen molar-refractivity contribution in [3.05, 3.63) is 23.5 Å². The van der Waals surface area contributed by atoms with Crippen molar-refractivity contribution < 1.29 is 9.53 Å². The standard InChI is InChI=1S/C12H15NO2/c14-12-11-7-13(6-9(11)8-15-12)10-4-2-1-3-5-10/h6-7,10H,1-5,8H2. The van der Waals surface area contributed by atoms with Crippen LogP contribution < -0.4 is 0 Å². The highest BCUT2D eigenvalue weighted by molar-refractivity contribution is 5.93. The largest absolute Gasteiger partial charge is 0.457 e. The number of aromatic nitrogens is 1. The Morgan fingerprint density at radius 2 is 2.00 bits per heavy atom. The lowest BCUT2D eigenvalue weighted by atomic mass is 9.95. The first-order valence-electron chi connectivity index (χ1n) is 5.72. The average Bonchev–Trinajstić information content (AvgIpc) is 2.83. The van der Waals surface area contributed by atoms with Crippen LogP contribution in [0.5, 0.6) is 0 Å². The molecule has 1 fully saturated rings. The third-order valence-electron chi connectivity index (χ3n) is 3.50. The monoisotopic (exact) mass is 205 g/mol. The Morgan fingerprint density at radius 1 is 1.20 bits per heavy atom. The fourth-order valence-electron chi connectivity index (χ4n) is 2.63.